The van der Waals surface area contributed by atoms with E-state index in [1.165, 1.54) is 24.2 Å². The Balaban J connectivity index is 1.32. The molecule has 7 nitrogen and oxygen atoms in total. The van der Waals surface area contributed by atoms with E-state index in [1.54, 1.807) is 6.07 Å². The Labute approximate surface area is 197 Å². The molecule has 0 radical (unpaired) electrons. The van der Waals surface area contributed by atoms with E-state index >= 15 is 0 Å². The molecule has 1 saturated heterocycles. The molecule has 34 heavy (non-hydrogen) atoms. The first-order chi connectivity index (χ1) is 16.4. The molecule has 3 aliphatic rings. The molecule has 1 atom stereocenters. The second-order valence-electron chi connectivity index (χ2n) is 9.69. The number of hydrogen-bond acceptors (Lipinski definition) is 6. The van der Waals surface area contributed by atoms with Crippen molar-refractivity contribution in [3.63, 3.8) is 0 Å². The van der Waals surface area contributed by atoms with Gasteiger partial charge in [-0.05, 0) is 42.0 Å². The first-order valence-corrected chi connectivity index (χ1v) is 12.6. The number of piperazine rings is 1. The molecule has 0 amide bonds. The fraction of sp³-hybridized carbons (Fsp3) is 0.417. The molecule has 1 unspecified atom stereocenters. The largest absolute Gasteiger partial charge is 0.397 e. The molecule has 4 aromatic rings. The van der Waals surface area contributed by atoms with Crippen molar-refractivity contribution in [1.29, 1.82) is 0 Å². The van der Waals surface area contributed by atoms with Crippen molar-refractivity contribution < 1.29 is 8.78 Å². The zero-order chi connectivity index (χ0) is 23.2. The van der Waals surface area contributed by atoms with Crippen LogP contribution in [0.2, 0.25) is 0 Å². The summed E-state index contributed by atoms with van der Waals surface area (Å²) in [5, 5.41) is 1.87. The molecule has 10 heteroatoms. The number of halogens is 2. The van der Waals surface area contributed by atoms with Gasteiger partial charge < -0.3 is 20.6 Å². The third-order valence-electron chi connectivity index (χ3n) is 7.44. The molecule has 3 fully saturated rings. The van der Waals surface area contributed by atoms with Gasteiger partial charge in [-0.25, -0.2) is 13.8 Å². The number of imidazole rings is 1. The van der Waals surface area contributed by atoms with Gasteiger partial charge in [-0.1, -0.05) is 0 Å². The number of rotatable bonds is 4. The summed E-state index contributed by atoms with van der Waals surface area (Å²) in [6.07, 6.45) is 2.40. The minimum Gasteiger partial charge on any atom is -0.397 e. The number of benzene rings is 1. The lowest BCUT2D eigenvalue weighted by atomic mass is 10.0. The van der Waals surface area contributed by atoms with E-state index in [9.17, 15) is 13.6 Å². The maximum absolute atomic E-state index is 14.2. The summed E-state index contributed by atoms with van der Waals surface area (Å²) in [4.78, 5) is 28.2. The number of nitrogens with zero attached hydrogens (tertiary/aromatic N) is 3. The van der Waals surface area contributed by atoms with E-state index in [0.29, 0.717) is 39.7 Å². The van der Waals surface area contributed by atoms with Crippen LogP contribution in [0.15, 0.2) is 28.4 Å². The van der Waals surface area contributed by atoms with Gasteiger partial charge in [0.05, 0.1) is 32.9 Å². The smallest absolute Gasteiger partial charge is 0.261 e. The van der Waals surface area contributed by atoms with Gasteiger partial charge in [-0.3, -0.25) is 9.69 Å². The number of nitrogens with one attached hydrogen (secondary N) is 2. The number of pyridine rings is 1. The zero-order valence-corrected chi connectivity index (χ0v) is 19.2. The first kappa shape index (κ1) is 20.4. The maximum Gasteiger partial charge on any atom is 0.261 e. The topological polar surface area (TPSA) is 94.0 Å². The van der Waals surface area contributed by atoms with Crippen molar-refractivity contribution in [1.82, 2.24) is 19.9 Å². The summed E-state index contributed by atoms with van der Waals surface area (Å²) in [5.74, 6) is -3.10. The first-order valence-electron chi connectivity index (χ1n) is 11.7. The van der Waals surface area contributed by atoms with Crippen molar-refractivity contribution >= 4 is 44.0 Å². The van der Waals surface area contributed by atoms with Gasteiger partial charge in [-0.15, -0.1) is 11.3 Å². The van der Waals surface area contributed by atoms with Crippen molar-refractivity contribution in [2.24, 2.45) is 0 Å². The minimum absolute atomic E-state index is 0.129. The fourth-order valence-electron chi connectivity index (χ4n) is 5.32. The second kappa shape index (κ2) is 7.02. The zero-order valence-electron chi connectivity index (χ0n) is 18.4. The van der Waals surface area contributed by atoms with E-state index in [4.69, 9.17) is 5.73 Å². The Morgan fingerprint density at radius 2 is 1.88 bits per heavy atom. The van der Waals surface area contributed by atoms with Crippen molar-refractivity contribution in [3.05, 3.63) is 39.5 Å². The van der Waals surface area contributed by atoms with Crippen molar-refractivity contribution in [2.45, 2.75) is 37.1 Å². The predicted molar refractivity (Wildman–Crippen MR) is 131 cm³/mol. The van der Waals surface area contributed by atoms with Crippen LogP contribution >= 0.6 is 11.3 Å². The Bertz CT molecular complexity index is 1490. The quantitative estimate of drug-likeness (QED) is 0.407. The molecular weight excluding hydrogens is 458 g/mol. The number of H-pyrrole nitrogens is 2. The van der Waals surface area contributed by atoms with Gasteiger partial charge >= 0.3 is 0 Å². The number of nitrogens with two attached hydrogens (primary N) is 1. The standard InChI is InChI=1S/C24H24F2N6OS/c25-24(26)11-14(24)13-9-16-17(10-18(13)32-6-4-31(5-7-32)12-1-2-12)29-22(28-16)19-20(27)21-15(3-8-34-21)30-23(19)33/h3,8-10,12,14H,1-2,4-7,11H2,(H,28,29)(H3,27,30,33). The van der Waals surface area contributed by atoms with Crippen LogP contribution < -0.4 is 16.2 Å². The highest BCUT2D eigenvalue weighted by atomic mass is 32.1. The Morgan fingerprint density at radius 1 is 1.12 bits per heavy atom. The third-order valence-corrected chi connectivity index (χ3v) is 8.39. The summed E-state index contributed by atoms with van der Waals surface area (Å²) in [6.45, 7) is 3.52. The molecule has 2 saturated carbocycles. The van der Waals surface area contributed by atoms with Gasteiger partial charge in [-0.2, -0.15) is 0 Å². The van der Waals surface area contributed by atoms with Gasteiger partial charge in [0, 0.05) is 44.3 Å². The predicted octanol–water partition coefficient (Wildman–Crippen LogP) is 4.12. The van der Waals surface area contributed by atoms with Crippen LogP contribution in [-0.2, 0) is 0 Å². The molecule has 0 bridgehead atoms. The molecule has 0 spiro atoms. The van der Waals surface area contributed by atoms with Crippen LogP contribution in [0.4, 0.5) is 20.2 Å². The molecule has 7 rings (SSSR count). The van der Waals surface area contributed by atoms with E-state index in [0.717, 1.165) is 36.6 Å². The van der Waals surface area contributed by atoms with Gasteiger partial charge in [0.15, 0.2) is 0 Å². The van der Waals surface area contributed by atoms with Crippen molar-refractivity contribution in [3.8, 4) is 11.4 Å². The summed E-state index contributed by atoms with van der Waals surface area (Å²) >= 11 is 1.45. The number of hydrogen-bond donors (Lipinski definition) is 3. The molecule has 4 heterocycles. The molecule has 3 aromatic heterocycles. The molecule has 176 valence electrons. The molecule has 4 N–H and O–H groups in total. The number of nitrogen functional groups attached to an aromatic ring is 1. The maximum atomic E-state index is 14.2. The fourth-order valence-corrected chi connectivity index (χ4v) is 6.14. The SMILES string of the molecule is Nc1c(-c2nc3cc(N4CCN(C5CC5)CC4)c(C4CC4(F)F)cc3[nH]2)c(=O)[nH]c2ccsc12. The number of alkyl halides is 2. The molecule has 1 aromatic carbocycles. The highest BCUT2D eigenvalue weighted by Crippen LogP contribution is 2.58. The summed E-state index contributed by atoms with van der Waals surface area (Å²) in [5.41, 5.74) is 10.1. The van der Waals surface area contributed by atoms with Crippen LogP contribution in [0.3, 0.4) is 0 Å². The van der Waals surface area contributed by atoms with Crippen molar-refractivity contribution in [2.75, 3.05) is 36.8 Å². The minimum atomic E-state index is -2.67. The lowest BCUT2D eigenvalue weighted by Gasteiger charge is -2.37. The normalized spacial score (nSPS) is 22.6. The van der Waals surface area contributed by atoms with E-state index in [2.05, 4.69) is 24.8 Å². The highest BCUT2D eigenvalue weighted by molar-refractivity contribution is 7.17. The highest BCUT2D eigenvalue weighted by Gasteiger charge is 2.58. The van der Waals surface area contributed by atoms with Crippen LogP contribution in [0.5, 0.6) is 0 Å². The summed E-state index contributed by atoms with van der Waals surface area (Å²) < 4.78 is 29.2. The molecular formula is C24H24F2N6OS. The Kier molecular flexibility index (Phi) is 4.21. The summed E-state index contributed by atoms with van der Waals surface area (Å²) in [7, 11) is 0. The third kappa shape index (κ3) is 3.15. The number of thiophene rings is 1. The summed E-state index contributed by atoms with van der Waals surface area (Å²) in [6, 6.07) is 6.22. The molecule has 1 aliphatic heterocycles. The van der Waals surface area contributed by atoms with Gasteiger partial charge in [0.2, 0.25) is 0 Å². The second-order valence-corrected chi connectivity index (χ2v) is 10.6. The average Bonchev–Trinajstić information content (AvgIpc) is 3.65. The lowest BCUT2D eigenvalue weighted by molar-refractivity contribution is 0.112. The van der Waals surface area contributed by atoms with Gasteiger partial charge in [0.1, 0.15) is 11.4 Å². The Morgan fingerprint density at radius 3 is 2.59 bits per heavy atom. The number of aromatic amines is 2. The van der Waals surface area contributed by atoms with E-state index < -0.39 is 11.8 Å². The molecule has 2 aliphatic carbocycles. The Hall–Kier alpha value is -2.98. The number of anilines is 2. The monoisotopic (exact) mass is 482 g/mol. The number of aromatic nitrogens is 3. The average molecular weight is 483 g/mol. The van der Waals surface area contributed by atoms with Crippen LogP contribution in [0, 0.1) is 0 Å². The van der Waals surface area contributed by atoms with E-state index in [1.807, 2.05) is 17.5 Å². The lowest BCUT2D eigenvalue weighted by Crippen LogP contribution is -2.47. The van der Waals surface area contributed by atoms with Crippen LogP contribution in [-0.4, -0.2) is 58.0 Å². The van der Waals surface area contributed by atoms with Gasteiger partial charge in [0.25, 0.3) is 11.5 Å². The van der Waals surface area contributed by atoms with Crippen LogP contribution in [0.1, 0.15) is 30.7 Å². The van der Waals surface area contributed by atoms with E-state index in [-0.39, 0.29) is 17.5 Å². The number of fused-ring (bicyclic) bond motifs is 2. The van der Waals surface area contributed by atoms with Crippen LogP contribution in [0.25, 0.3) is 32.6 Å².